The van der Waals surface area contributed by atoms with E-state index in [-0.39, 0.29) is 33.6 Å². The number of nitrogens with zero attached hydrogens (tertiary/aromatic N) is 2. The van der Waals surface area contributed by atoms with Crippen LogP contribution >= 0.6 is 0 Å². The molecule has 0 fully saturated rings. The smallest absolute Gasteiger partial charge is 0.0575 e. The molecular formula is C63H76N2. The third-order valence-corrected chi connectivity index (χ3v) is 13.6. The lowest BCUT2D eigenvalue weighted by atomic mass is 9.79. The van der Waals surface area contributed by atoms with Gasteiger partial charge >= 0.3 is 0 Å². The van der Waals surface area contributed by atoms with Gasteiger partial charge in [-0.15, -0.1) is 0 Å². The largest absolute Gasteiger partial charge is 0.360 e. The normalized spacial score (nSPS) is 18.7. The lowest BCUT2D eigenvalue weighted by molar-refractivity contribution is 0.486. The Morgan fingerprint density at radius 1 is 0.538 bits per heavy atom. The number of rotatable bonds is 9. The minimum Gasteiger partial charge on any atom is -0.360 e. The second kappa shape index (κ2) is 18.4. The summed E-state index contributed by atoms with van der Waals surface area (Å²) >= 11 is 0. The van der Waals surface area contributed by atoms with Crippen molar-refractivity contribution in [3.63, 3.8) is 0 Å². The van der Waals surface area contributed by atoms with Crippen molar-refractivity contribution >= 4 is 22.8 Å². The molecule has 3 unspecified atom stereocenters. The van der Waals surface area contributed by atoms with Gasteiger partial charge in [0.1, 0.15) is 0 Å². The van der Waals surface area contributed by atoms with E-state index >= 15 is 0 Å². The fourth-order valence-electron chi connectivity index (χ4n) is 9.40. The zero-order valence-corrected chi connectivity index (χ0v) is 42.3. The van der Waals surface area contributed by atoms with E-state index in [0.29, 0.717) is 5.92 Å². The second-order valence-electron chi connectivity index (χ2n) is 23.0. The van der Waals surface area contributed by atoms with Crippen LogP contribution < -0.4 is 9.80 Å². The topological polar surface area (TPSA) is 6.48 Å². The molecule has 0 bridgehead atoms. The van der Waals surface area contributed by atoms with Crippen LogP contribution in [0.15, 0.2) is 169 Å². The quantitative estimate of drug-likeness (QED) is 0.146. The molecule has 0 heterocycles. The first-order chi connectivity index (χ1) is 30.5. The Morgan fingerprint density at radius 2 is 1.11 bits per heavy atom. The Hall–Kier alpha value is -5.60. The van der Waals surface area contributed by atoms with E-state index in [1.165, 1.54) is 67.0 Å². The summed E-state index contributed by atoms with van der Waals surface area (Å²) < 4.78 is 0. The Balaban J connectivity index is 1.52. The van der Waals surface area contributed by atoms with Gasteiger partial charge in [0.2, 0.25) is 0 Å². The van der Waals surface area contributed by atoms with Gasteiger partial charge in [0.25, 0.3) is 0 Å². The monoisotopic (exact) mass is 861 g/mol. The number of aryl methyl sites for hydroxylation is 1. The average molecular weight is 861 g/mol. The summed E-state index contributed by atoms with van der Waals surface area (Å²) in [5.41, 5.74) is 17.9. The van der Waals surface area contributed by atoms with Crippen LogP contribution in [-0.2, 0) is 22.8 Å². The summed E-state index contributed by atoms with van der Waals surface area (Å²) in [6, 6.07) is 44.2. The minimum atomic E-state index is 0.0296. The van der Waals surface area contributed by atoms with Crippen LogP contribution in [0.5, 0.6) is 0 Å². The van der Waals surface area contributed by atoms with Crippen molar-refractivity contribution in [2.24, 2.45) is 17.3 Å². The van der Waals surface area contributed by atoms with E-state index in [1.54, 1.807) is 0 Å². The Kier molecular flexibility index (Phi) is 13.4. The van der Waals surface area contributed by atoms with Crippen molar-refractivity contribution < 1.29 is 0 Å². The van der Waals surface area contributed by atoms with Gasteiger partial charge in [-0.2, -0.15) is 0 Å². The highest BCUT2D eigenvalue weighted by Crippen LogP contribution is 2.45. The average Bonchev–Trinajstić information content (AvgIpc) is 3.24. The van der Waals surface area contributed by atoms with Crippen LogP contribution in [0.25, 0.3) is 16.8 Å². The van der Waals surface area contributed by atoms with E-state index in [4.69, 9.17) is 0 Å². The van der Waals surface area contributed by atoms with E-state index in [2.05, 4.69) is 271 Å². The van der Waals surface area contributed by atoms with Gasteiger partial charge in [-0.3, -0.25) is 0 Å². The number of allylic oxidation sites excluding steroid dienone is 7. The number of hydrogen-bond acceptors (Lipinski definition) is 2. The Bertz CT molecular complexity index is 2560. The standard InChI is InChI=1S/C63H76N2/c1-43-21-19-20-24-55(43)59(65(53-33-27-49(28-34-53)60(4,5)6)54-35-29-50(30-36-54)61(7,8)9)56-41-47(46-22-17-16-18-23-46)25-26-48(56)42-64(57-37-31-51(39-44(57)2)62(10,11)12)58-38-32-52(40-45(58)3)63(13,14)15/h16-41,43-44,57H,42H2,1-15H3. The maximum Gasteiger partial charge on any atom is 0.0575 e. The predicted molar refractivity (Wildman–Crippen MR) is 284 cm³/mol. The first kappa shape index (κ1) is 47.4. The van der Waals surface area contributed by atoms with Crippen molar-refractivity contribution in [2.75, 3.05) is 9.80 Å². The van der Waals surface area contributed by atoms with Gasteiger partial charge in [0.05, 0.1) is 11.7 Å². The lowest BCUT2D eigenvalue weighted by Crippen LogP contribution is -2.40. The van der Waals surface area contributed by atoms with E-state index in [1.807, 2.05) is 0 Å². The van der Waals surface area contributed by atoms with Crippen LogP contribution in [0, 0.1) is 24.2 Å². The van der Waals surface area contributed by atoms with Gasteiger partial charge in [-0.05, 0) is 121 Å². The molecule has 2 heteroatoms. The Labute approximate surface area is 394 Å². The number of hydrogen-bond donors (Lipinski definition) is 0. The van der Waals surface area contributed by atoms with Crippen LogP contribution in [0.1, 0.15) is 130 Å². The first-order valence-electron chi connectivity index (χ1n) is 24.1. The summed E-state index contributed by atoms with van der Waals surface area (Å²) in [4.78, 5) is 5.25. The lowest BCUT2D eigenvalue weighted by Gasteiger charge is -2.40. The third-order valence-electron chi connectivity index (χ3n) is 13.6. The highest BCUT2D eigenvalue weighted by Gasteiger charge is 2.32. The third kappa shape index (κ3) is 10.6. The molecule has 3 atom stereocenters. The van der Waals surface area contributed by atoms with Gasteiger partial charge in [0.15, 0.2) is 0 Å². The summed E-state index contributed by atoms with van der Waals surface area (Å²) in [6.45, 7) is 35.5. The molecule has 0 saturated heterocycles. The maximum atomic E-state index is 2.70. The molecule has 0 N–H and O–H groups in total. The van der Waals surface area contributed by atoms with Crippen LogP contribution in [0.2, 0.25) is 0 Å². The number of anilines is 3. The molecule has 0 spiro atoms. The predicted octanol–water partition coefficient (Wildman–Crippen LogP) is 17.4. The minimum absolute atomic E-state index is 0.0296. The molecule has 7 rings (SSSR count). The van der Waals surface area contributed by atoms with Crippen molar-refractivity contribution in [3.05, 3.63) is 202 Å². The SMILES string of the molecule is Cc1cc(C(C)(C)C)ccc1N(Cc1ccc(-c2ccccc2)cc1C(=C1C=CC=CC1C)N(c1ccc(C(C)(C)C)cc1)c1ccc(C(C)(C)C)cc1)C1C=CC(C(C)(C)C)=CC1C. The molecule has 5 aromatic rings. The summed E-state index contributed by atoms with van der Waals surface area (Å²) in [7, 11) is 0. The fraction of sp³-hybridized carbons (Fsp3) is 0.365. The molecule has 2 aliphatic rings. The second-order valence-corrected chi connectivity index (χ2v) is 23.0. The molecule has 0 radical (unpaired) electrons. The van der Waals surface area contributed by atoms with Crippen LogP contribution in [0.4, 0.5) is 17.1 Å². The van der Waals surface area contributed by atoms with E-state index in [0.717, 1.165) is 17.9 Å². The summed E-state index contributed by atoms with van der Waals surface area (Å²) in [6.07, 6.45) is 16.5. The zero-order valence-electron chi connectivity index (χ0n) is 42.3. The van der Waals surface area contributed by atoms with Gasteiger partial charge in [-0.25, -0.2) is 0 Å². The Morgan fingerprint density at radius 3 is 1.62 bits per heavy atom. The van der Waals surface area contributed by atoms with Crippen molar-refractivity contribution in [1.82, 2.24) is 0 Å². The van der Waals surface area contributed by atoms with E-state index < -0.39 is 0 Å². The number of benzene rings is 5. The molecule has 338 valence electrons. The summed E-state index contributed by atoms with van der Waals surface area (Å²) in [5.74, 6) is 0.477. The van der Waals surface area contributed by atoms with Gasteiger partial charge in [-0.1, -0.05) is 218 Å². The van der Waals surface area contributed by atoms with Crippen molar-refractivity contribution in [2.45, 2.75) is 133 Å². The molecular weight excluding hydrogens is 785 g/mol. The molecule has 0 aromatic heterocycles. The van der Waals surface area contributed by atoms with Crippen molar-refractivity contribution in [1.29, 1.82) is 0 Å². The highest BCUT2D eigenvalue weighted by molar-refractivity contribution is 5.93. The molecule has 2 nitrogen and oxygen atoms in total. The van der Waals surface area contributed by atoms with Crippen molar-refractivity contribution in [3.8, 4) is 11.1 Å². The van der Waals surface area contributed by atoms with Crippen LogP contribution in [-0.4, -0.2) is 6.04 Å². The van der Waals surface area contributed by atoms with Crippen LogP contribution in [0.3, 0.4) is 0 Å². The molecule has 2 aliphatic carbocycles. The molecule has 5 aromatic carbocycles. The zero-order chi connectivity index (χ0) is 47.1. The van der Waals surface area contributed by atoms with Gasteiger partial charge in [0, 0.05) is 35.1 Å². The highest BCUT2D eigenvalue weighted by atomic mass is 15.2. The fourth-order valence-corrected chi connectivity index (χ4v) is 9.40. The molecule has 0 aliphatic heterocycles. The molecule has 0 saturated carbocycles. The first-order valence-corrected chi connectivity index (χ1v) is 24.1. The molecule has 0 amide bonds. The van der Waals surface area contributed by atoms with Gasteiger partial charge < -0.3 is 9.80 Å². The maximum absolute atomic E-state index is 2.70. The summed E-state index contributed by atoms with van der Waals surface area (Å²) in [5, 5.41) is 0. The molecule has 65 heavy (non-hydrogen) atoms. The van der Waals surface area contributed by atoms with E-state index in [9.17, 15) is 0 Å².